The number of rotatable bonds is 2. The third-order valence-corrected chi connectivity index (χ3v) is 6.98. The van der Waals surface area contributed by atoms with Crippen LogP contribution in [0.1, 0.15) is 64.5 Å². The second-order valence-corrected chi connectivity index (χ2v) is 10.1. The van der Waals surface area contributed by atoms with Crippen molar-refractivity contribution in [3.05, 3.63) is 59.7 Å². The zero-order valence-electron chi connectivity index (χ0n) is 18.3. The number of carbonyl (C=O) groups excluding carboxylic acids is 1. The highest BCUT2D eigenvalue weighted by Gasteiger charge is 2.35. The van der Waals surface area contributed by atoms with Crippen molar-refractivity contribution in [2.24, 2.45) is 5.92 Å². The van der Waals surface area contributed by atoms with Gasteiger partial charge in [0, 0.05) is 0 Å². The number of methoxy groups -OCH3 is 1. The van der Waals surface area contributed by atoms with Crippen molar-refractivity contribution < 1.29 is 9.53 Å². The molecule has 0 radical (unpaired) electrons. The first-order chi connectivity index (χ1) is 13.7. The van der Waals surface area contributed by atoms with Gasteiger partial charge in [-0.15, -0.1) is 0 Å². The van der Waals surface area contributed by atoms with Crippen LogP contribution >= 0.6 is 0 Å². The summed E-state index contributed by atoms with van der Waals surface area (Å²) in [6.45, 7) is 9.13. The van der Waals surface area contributed by atoms with Crippen LogP contribution in [0.5, 0.6) is 0 Å². The third-order valence-electron chi connectivity index (χ3n) is 6.98. The quantitative estimate of drug-likeness (QED) is 0.352. The molecular weight excluding hydrogens is 356 g/mol. The Labute approximate surface area is 174 Å². The fraction of sp³-hybridized carbons (Fsp3) is 0.444. The highest BCUT2D eigenvalue weighted by Crippen LogP contribution is 2.42. The van der Waals surface area contributed by atoms with Gasteiger partial charge in [-0.05, 0) is 81.3 Å². The molecule has 0 unspecified atom stereocenters. The van der Waals surface area contributed by atoms with Crippen LogP contribution in [0.2, 0.25) is 0 Å². The molecule has 0 amide bonds. The van der Waals surface area contributed by atoms with Crippen LogP contribution in [-0.4, -0.2) is 13.1 Å². The molecule has 0 saturated heterocycles. The number of carbonyl (C=O) groups is 1. The lowest BCUT2D eigenvalue weighted by atomic mass is 9.68. The fourth-order valence-corrected chi connectivity index (χ4v) is 4.79. The van der Waals surface area contributed by atoms with Gasteiger partial charge in [0.05, 0.1) is 13.0 Å². The van der Waals surface area contributed by atoms with Gasteiger partial charge in [-0.1, -0.05) is 64.1 Å². The molecule has 1 fully saturated rings. The molecule has 0 aliphatic heterocycles. The second kappa shape index (κ2) is 7.16. The molecule has 3 aromatic rings. The Kier molecular flexibility index (Phi) is 4.93. The molecule has 3 aromatic carbocycles. The first kappa shape index (κ1) is 19.9. The highest BCUT2D eigenvalue weighted by molar-refractivity contribution is 5.98. The maximum absolute atomic E-state index is 11.9. The Hall–Kier alpha value is -2.35. The van der Waals surface area contributed by atoms with Crippen molar-refractivity contribution in [3.8, 4) is 0 Å². The lowest BCUT2D eigenvalue weighted by molar-refractivity contribution is -0.146. The lowest BCUT2D eigenvalue weighted by Crippen LogP contribution is -2.32. The molecule has 0 N–H and O–H groups in total. The minimum Gasteiger partial charge on any atom is -0.469 e. The van der Waals surface area contributed by atoms with Crippen molar-refractivity contribution in [3.63, 3.8) is 0 Å². The fourth-order valence-electron chi connectivity index (χ4n) is 4.79. The Morgan fingerprint density at radius 2 is 1.48 bits per heavy atom. The van der Waals surface area contributed by atoms with E-state index >= 15 is 0 Å². The number of benzene rings is 3. The zero-order valence-corrected chi connectivity index (χ0v) is 18.3. The van der Waals surface area contributed by atoms with E-state index in [4.69, 9.17) is 4.74 Å². The minimum atomic E-state index is -0.0494. The molecule has 2 heteroatoms. The molecule has 4 rings (SSSR count). The predicted molar refractivity (Wildman–Crippen MR) is 121 cm³/mol. The van der Waals surface area contributed by atoms with Crippen LogP contribution in [0.4, 0.5) is 0 Å². The summed E-state index contributed by atoms with van der Waals surface area (Å²) >= 11 is 0. The Balaban J connectivity index is 1.67. The van der Waals surface area contributed by atoms with Gasteiger partial charge in [0.2, 0.25) is 0 Å². The van der Waals surface area contributed by atoms with Crippen molar-refractivity contribution in [2.75, 3.05) is 7.11 Å². The molecule has 2 nitrogen and oxygen atoms in total. The maximum Gasteiger partial charge on any atom is 0.308 e. The van der Waals surface area contributed by atoms with Crippen LogP contribution in [-0.2, 0) is 20.4 Å². The van der Waals surface area contributed by atoms with Gasteiger partial charge in [-0.2, -0.15) is 0 Å². The van der Waals surface area contributed by atoms with E-state index in [-0.39, 0.29) is 22.7 Å². The lowest BCUT2D eigenvalue weighted by Gasteiger charge is -2.37. The molecule has 1 aliphatic carbocycles. The van der Waals surface area contributed by atoms with Crippen LogP contribution in [0.15, 0.2) is 48.5 Å². The average molecular weight is 389 g/mol. The van der Waals surface area contributed by atoms with Gasteiger partial charge in [0.15, 0.2) is 0 Å². The summed E-state index contributed by atoms with van der Waals surface area (Å²) in [6.07, 6.45) is 3.88. The molecule has 1 saturated carbocycles. The molecule has 29 heavy (non-hydrogen) atoms. The van der Waals surface area contributed by atoms with Gasteiger partial charge in [-0.25, -0.2) is 0 Å². The maximum atomic E-state index is 11.9. The molecule has 0 bridgehead atoms. The van der Waals surface area contributed by atoms with E-state index in [1.54, 1.807) is 0 Å². The smallest absolute Gasteiger partial charge is 0.308 e. The topological polar surface area (TPSA) is 26.3 Å². The van der Waals surface area contributed by atoms with Crippen molar-refractivity contribution in [2.45, 2.75) is 64.2 Å². The number of hydrogen-bond donors (Lipinski definition) is 0. The van der Waals surface area contributed by atoms with E-state index in [0.717, 1.165) is 25.7 Å². The summed E-state index contributed by atoms with van der Waals surface area (Å²) in [7, 11) is 1.49. The SMILES string of the molecule is COC(=O)C1CCC(C)(c2ccc3cc4cc(C(C)(C)C)ccc4cc3c2)CC1. The molecule has 0 spiro atoms. The van der Waals surface area contributed by atoms with Crippen LogP contribution in [0, 0.1) is 5.92 Å². The summed E-state index contributed by atoms with van der Waals surface area (Å²) in [5, 5.41) is 5.19. The van der Waals surface area contributed by atoms with E-state index < -0.39 is 0 Å². The summed E-state index contributed by atoms with van der Waals surface area (Å²) < 4.78 is 4.95. The molecular formula is C27H32O2. The first-order valence-electron chi connectivity index (χ1n) is 10.8. The van der Waals surface area contributed by atoms with Gasteiger partial charge >= 0.3 is 5.97 Å². The first-order valence-corrected chi connectivity index (χ1v) is 10.8. The predicted octanol–water partition coefficient (Wildman–Crippen LogP) is 6.91. The normalized spacial score (nSPS) is 22.7. The van der Waals surface area contributed by atoms with Crippen LogP contribution in [0.25, 0.3) is 21.5 Å². The Bertz CT molecular complexity index is 1060. The monoisotopic (exact) mass is 388 g/mol. The van der Waals surface area contributed by atoms with Gasteiger partial charge in [0.25, 0.3) is 0 Å². The standard InChI is InChI=1S/C27H32O2/c1-26(2,3)23-8-6-19-15-22-17-24(9-7-20(22)14-21(19)16-23)27(4)12-10-18(11-13-27)25(28)29-5/h6-9,14-18H,10-13H2,1-5H3. The van der Waals surface area contributed by atoms with E-state index in [2.05, 4.69) is 76.2 Å². The largest absolute Gasteiger partial charge is 0.469 e. The molecule has 0 heterocycles. The van der Waals surface area contributed by atoms with Crippen molar-refractivity contribution in [1.82, 2.24) is 0 Å². The minimum absolute atomic E-state index is 0.0494. The van der Waals surface area contributed by atoms with Crippen LogP contribution < -0.4 is 0 Å². The number of ether oxygens (including phenoxy) is 1. The van der Waals surface area contributed by atoms with E-state index in [0.29, 0.717) is 0 Å². The second-order valence-electron chi connectivity index (χ2n) is 10.1. The number of hydrogen-bond acceptors (Lipinski definition) is 2. The summed E-state index contributed by atoms with van der Waals surface area (Å²) in [4.78, 5) is 11.9. The molecule has 152 valence electrons. The summed E-state index contributed by atoms with van der Waals surface area (Å²) in [5.41, 5.74) is 3.05. The van der Waals surface area contributed by atoms with E-state index in [9.17, 15) is 4.79 Å². The molecule has 1 aliphatic rings. The highest BCUT2D eigenvalue weighted by atomic mass is 16.5. The van der Waals surface area contributed by atoms with Gasteiger partial charge < -0.3 is 4.74 Å². The Morgan fingerprint density at radius 1 is 0.897 bits per heavy atom. The number of fused-ring (bicyclic) bond motifs is 2. The van der Waals surface area contributed by atoms with Gasteiger partial charge in [-0.3, -0.25) is 4.79 Å². The molecule has 0 atom stereocenters. The number of esters is 1. The third kappa shape index (κ3) is 3.77. The van der Waals surface area contributed by atoms with E-state index in [1.807, 2.05) is 0 Å². The summed E-state index contributed by atoms with van der Waals surface area (Å²) in [5.74, 6) is 0.0149. The van der Waals surface area contributed by atoms with Crippen LogP contribution in [0.3, 0.4) is 0 Å². The molecule has 0 aromatic heterocycles. The average Bonchev–Trinajstić information content (AvgIpc) is 2.70. The Morgan fingerprint density at radius 3 is 2.07 bits per heavy atom. The van der Waals surface area contributed by atoms with Gasteiger partial charge in [0.1, 0.15) is 0 Å². The zero-order chi connectivity index (χ0) is 20.8. The summed E-state index contributed by atoms with van der Waals surface area (Å²) in [6, 6.07) is 18.4. The van der Waals surface area contributed by atoms with Crippen molar-refractivity contribution in [1.29, 1.82) is 0 Å². The van der Waals surface area contributed by atoms with Crippen molar-refractivity contribution >= 4 is 27.5 Å². The van der Waals surface area contributed by atoms with E-state index in [1.165, 1.54) is 39.8 Å².